The van der Waals surface area contributed by atoms with Gasteiger partial charge in [-0.15, -0.1) is 0 Å². The highest BCUT2D eigenvalue weighted by Gasteiger charge is 2.16. The number of para-hydroxylation sites is 1. The first-order valence-electron chi connectivity index (χ1n) is 6.55. The Balaban J connectivity index is 2.43. The van der Waals surface area contributed by atoms with E-state index in [0.717, 1.165) is 5.56 Å². The molecule has 0 fully saturated rings. The maximum absolute atomic E-state index is 12.7. The molecule has 3 heteroatoms. The minimum atomic E-state index is -0.0459. The van der Waals surface area contributed by atoms with Gasteiger partial charge >= 0.3 is 0 Å². The van der Waals surface area contributed by atoms with Gasteiger partial charge in [0.2, 0.25) is 0 Å². The van der Waals surface area contributed by atoms with Crippen molar-refractivity contribution in [1.82, 2.24) is 0 Å². The molecule has 0 aliphatic carbocycles. The van der Waals surface area contributed by atoms with Crippen molar-refractivity contribution in [2.24, 2.45) is 0 Å². The zero-order valence-corrected chi connectivity index (χ0v) is 12.6. The van der Waals surface area contributed by atoms with Crippen molar-refractivity contribution in [3.63, 3.8) is 0 Å². The Morgan fingerprint density at radius 1 is 1.10 bits per heavy atom. The van der Waals surface area contributed by atoms with Crippen molar-refractivity contribution in [3.05, 3.63) is 64.2 Å². The minimum Gasteiger partial charge on any atom is -0.490 e. The van der Waals surface area contributed by atoms with Crippen LogP contribution in [-0.2, 0) is 0 Å². The molecule has 0 amide bonds. The molecule has 0 radical (unpaired) electrons. The van der Waals surface area contributed by atoms with E-state index in [1.807, 2.05) is 39.0 Å². The average molecular weight is 289 g/mol. The fourth-order valence-corrected chi connectivity index (χ4v) is 2.26. The molecule has 2 rings (SSSR count). The molecule has 0 saturated heterocycles. The first-order valence-corrected chi connectivity index (χ1v) is 6.93. The average Bonchev–Trinajstić information content (AvgIpc) is 2.38. The highest BCUT2D eigenvalue weighted by atomic mass is 35.5. The Hall–Kier alpha value is -1.80. The van der Waals surface area contributed by atoms with Crippen molar-refractivity contribution >= 4 is 17.4 Å². The molecular weight excluding hydrogens is 272 g/mol. The third kappa shape index (κ3) is 3.20. The summed E-state index contributed by atoms with van der Waals surface area (Å²) < 4.78 is 5.70. The third-order valence-electron chi connectivity index (χ3n) is 2.93. The molecule has 2 aromatic carbocycles. The maximum atomic E-state index is 12.7. The minimum absolute atomic E-state index is 0.0234. The van der Waals surface area contributed by atoms with Crippen LogP contribution in [0.5, 0.6) is 5.75 Å². The third-order valence-corrected chi connectivity index (χ3v) is 3.16. The number of halogens is 1. The SMILES string of the molecule is Cc1cc(Cl)ccc1C(=O)c1ccccc1OC(C)C. The van der Waals surface area contributed by atoms with Crippen LogP contribution in [0.4, 0.5) is 0 Å². The Kier molecular flexibility index (Phi) is 4.46. The lowest BCUT2D eigenvalue weighted by Gasteiger charge is -2.14. The molecule has 20 heavy (non-hydrogen) atoms. The van der Waals surface area contributed by atoms with Gasteiger partial charge in [-0.3, -0.25) is 4.79 Å². The van der Waals surface area contributed by atoms with Gasteiger partial charge in [0.05, 0.1) is 11.7 Å². The van der Waals surface area contributed by atoms with Crippen LogP contribution in [-0.4, -0.2) is 11.9 Å². The van der Waals surface area contributed by atoms with Crippen LogP contribution < -0.4 is 4.74 Å². The molecule has 0 N–H and O–H groups in total. The van der Waals surface area contributed by atoms with Crippen LogP contribution >= 0.6 is 11.6 Å². The summed E-state index contributed by atoms with van der Waals surface area (Å²) in [5, 5.41) is 0.630. The number of hydrogen-bond donors (Lipinski definition) is 0. The Labute approximate surface area is 124 Å². The molecule has 0 unspecified atom stereocenters. The fraction of sp³-hybridized carbons (Fsp3) is 0.235. The molecule has 0 aromatic heterocycles. The van der Waals surface area contributed by atoms with Gasteiger partial charge in [0.1, 0.15) is 5.75 Å². The van der Waals surface area contributed by atoms with Crippen molar-refractivity contribution in [2.45, 2.75) is 26.9 Å². The van der Waals surface area contributed by atoms with Gasteiger partial charge in [-0.1, -0.05) is 23.7 Å². The van der Waals surface area contributed by atoms with Crippen LogP contribution in [0.15, 0.2) is 42.5 Å². The van der Waals surface area contributed by atoms with E-state index in [4.69, 9.17) is 16.3 Å². The number of carbonyl (C=O) groups excluding carboxylic acids is 1. The van der Waals surface area contributed by atoms with Gasteiger partial charge in [-0.05, 0) is 56.7 Å². The number of benzene rings is 2. The molecule has 0 bridgehead atoms. The smallest absolute Gasteiger partial charge is 0.197 e. The predicted molar refractivity (Wildman–Crippen MR) is 81.8 cm³/mol. The molecule has 2 nitrogen and oxygen atoms in total. The van der Waals surface area contributed by atoms with Gasteiger partial charge in [-0.25, -0.2) is 0 Å². The zero-order chi connectivity index (χ0) is 14.7. The summed E-state index contributed by atoms with van der Waals surface area (Å²) in [6, 6.07) is 12.6. The Morgan fingerprint density at radius 3 is 2.45 bits per heavy atom. The molecule has 0 aliphatic heterocycles. The predicted octanol–water partition coefficient (Wildman–Crippen LogP) is 4.67. The normalized spacial score (nSPS) is 10.7. The molecule has 104 valence electrons. The second kappa shape index (κ2) is 6.10. The fourth-order valence-electron chi connectivity index (χ4n) is 2.04. The first-order chi connectivity index (χ1) is 9.49. The van der Waals surface area contributed by atoms with Crippen molar-refractivity contribution in [1.29, 1.82) is 0 Å². The number of rotatable bonds is 4. The highest BCUT2D eigenvalue weighted by molar-refractivity contribution is 6.30. The van der Waals surface area contributed by atoms with Crippen LogP contribution in [0.1, 0.15) is 35.3 Å². The number of ether oxygens (including phenoxy) is 1. The number of carbonyl (C=O) groups is 1. The Bertz CT molecular complexity index is 633. The summed E-state index contributed by atoms with van der Waals surface area (Å²) in [5.41, 5.74) is 2.09. The number of hydrogen-bond acceptors (Lipinski definition) is 2. The van der Waals surface area contributed by atoms with E-state index < -0.39 is 0 Å². The van der Waals surface area contributed by atoms with Crippen LogP contribution in [0.3, 0.4) is 0 Å². The van der Waals surface area contributed by atoms with E-state index in [1.54, 1.807) is 24.3 Å². The quantitative estimate of drug-likeness (QED) is 0.765. The highest BCUT2D eigenvalue weighted by Crippen LogP contribution is 2.25. The zero-order valence-electron chi connectivity index (χ0n) is 11.8. The molecule has 0 heterocycles. The lowest BCUT2D eigenvalue weighted by molar-refractivity contribution is 0.103. The monoisotopic (exact) mass is 288 g/mol. The largest absolute Gasteiger partial charge is 0.490 e. The lowest BCUT2D eigenvalue weighted by Crippen LogP contribution is -2.11. The number of ketones is 1. The van der Waals surface area contributed by atoms with E-state index in [-0.39, 0.29) is 11.9 Å². The second-order valence-corrected chi connectivity index (χ2v) is 5.39. The standard InChI is InChI=1S/C17H17ClO2/c1-11(2)20-16-7-5-4-6-15(16)17(19)14-9-8-13(18)10-12(14)3/h4-11H,1-3H3. The van der Waals surface area contributed by atoms with Gasteiger partial charge < -0.3 is 4.74 Å². The molecule has 0 atom stereocenters. The molecule has 2 aromatic rings. The van der Waals surface area contributed by atoms with E-state index in [0.29, 0.717) is 21.9 Å². The summed E-state index contributed by atoms with van der Waals surface area (Å²) in [4.78, 5) is 12.7. The summed E-state index contributed by atoms with van der Waals surface area (Å²) in [7, 11) is 0. The van der Waals surface area contributed by atoms with Gasteiger partial charge in [0.15, 0.2) is 5.78 Å². The van der Waals surface area contributed by atoms with E-state index in [2.05, 4.69) is 0 Å². The van der Waals surface area contributed by atoms with E-state index in [1.165, 1.54) is 0 Å². The van der Waals surface area contributed by atoms with Crippen LogP contribution in [0, 0.1) is 6.92 Å². The summed E-state index contributed by atoms with van der Waals surface area (Å²) in [6.07, 6.45) is 0.0234. The van der Waals surface area contributed by atoms with Crippen LogP contribution in [0.25, 0.3) is 0 Å². The van der Waals surface area contributed by atoms with Crippen LogP contribution in [0.2, 0.25) is 5.02 Å². The lowest BCUT2D eigenvalue weighted by atomic mass is 9.98. The van der Waals surface area contributed by atoms with Crippen molar-refractivity contribution in [3.8, 4) is 5.75 Å². The molecule has 0 saturated carbocycles. The molecule has 0 aliphatic rings. The summed E-state index contributed by atoms with van der Waals surface area (Å²) in [5.74, 6) is 0.567. The molecule has 0 spiro atoms. The van der Waals surface area contributed by atoms with E-state index in [9.17, 15) is 4.79 Å². The molecular formula is C17H17ClO2. The van der Waals surface area contributed by atoms with E-state index >= 15 is 0 Å². The summed E-state index contributed by atoms with van der Waals surface area (Å²) in [6.45, 7) is 5.76. The summed E-state index contributed by atoms with van der Waals surface area (Å²) >= 11 is 5.93. The van der Waals surface area contributed by atoms with Crippen molar-refractivity contribution in [2.75, 3.05) is 0 Å². The topological polar surface area (TPSA) is 26.3 Å². The van der Waals surface area contributed by atoms with Gasteiger partial charge in [-0.2, -0.15) is 0 Å². The van der Waals surface area contributed by atoms with Gasteiger partial charge in [0, 0.05) is 10.6 Å². The van der Waals surface area contributed by atoms with Crippen molar-refractivity contribution < 1.29 is 9.53 Å². The van der Waals surface area contributed by atoms with Gasteiger partial charge in [0.25, 0.3) is 0 Å². The second-order valence-electron chi connectivity index (χ2n) is 4.95. The Morgan fingerprint density at radius 2 is 1.80 bits per heavy atom. The first kappa shape index (κ1) is 14.6. The maximum Gasteiger partial charge on any atom is 0.197 e. The number of aryl methyl sites for hydroxylation is 1.